The summed E-state index contributed by atoms with van der Waals surface area (Å²) in [6, 6.07) is 1.90. The Morgan fingerprint density at radius 2 is 2.20 bits per heavy atom. The summed E-state index contributed by atoms with van der Waals surface area (Å²) in [6.07, 6.45) is -2.77. The van der Waals surface area contributed by atoms with Crippen LogP contribution < -0.4 is 5.32 Å². The van der Waals surface area contributed by atoms with Gasteiger partial charge in [0.2, 0.25) is 5.91 Å². The zero-order chi connectivity index (χ0) is 14.9. The topological polar surface area (TPSA) is 45.2 Å². The lowest BCUT2D eigenvalue weighted by Gasteiger charge is -2.18. The van der Waals surface area contributed by atoms with Gasteiger partial charge < -0.3 is 5.32 Å². The van der Waals surface area contributed by atoms with E-state index in [2.05, 4.69) is 10.3 Å². The monoisotopic (exact) mass is 287 g/mol. The molecule has 0 radical (unpaired) electrons. The van der Waals surface area contributed by atoms with E-state index in [1.54, 1.807) is 0 Å². The molecule has 1 unspecified atom stereocenters. The van der Waals surface area contributed by atoms with Crippen LogP contribution >= 0.6 is 0 Å². The van der Waals surface area contributed by atoms with Gasteiger partial charge in [-0.25, -0.2) is 0 Å². The highest BCUT2D eigenvalue weighted by Gasteiger charge is 2.34. The van der Waals surface area contributed by atoms with Crippen molar-refractivity contribution in [2.24, 2.45) is 5.92 Å². The van der Waals surface area contributed by atoms with Crippen LogP contribution in [0.2, 0.25) is 0 Å². The van der Waals surface area contributed by atoms with Gasteiger partial charge in [-0.15, -0.1) is 0 Å². The lowest BCUT2D eigenvalue weighted by Crippen LogP contribution is -2.37. The van der Waals surface area contributed by atoms with E-state index in [1.807, 2.05) is 18.9 Å². The van der Waals surface area contributed by atoms with Crippen molar-refractivity contribution in [3.05, 3.63) is 24.0 Å². The Balaban J connectivity index is 2.09. The molecule has 110 valence electrons. The maximum atomic E-state index is 12.5. The third kappa shape index (κ3) is 3.27. The van der Waals surface area contributed by atoms with Crippen molar-refractivity contribution in [3.63, 3.8) is 0 Å². The molecule has 1 saturated heterocycles. The quantitative estimate of drug-likeness (QED) is 0.908. The van der Waals surface area contributed by atoms with Gasteiger partial charge in [0.1, 0.15) is 5.69 Å². The van der Waals surface area contributed by atoms with Crippen molar-refractivity contribution in [2.45, 2.75) is 25.6 Å². The first kappa shape index (κ1) is 14.8. The minimum Gasteiger partial charge on any atom is -0.325 e. The summed E-state index contributed by atoms with van der Waals surface area (Å²) in [5, 5.41) is 2.53. The number of pyridine rings is 1. The zero-order valence-corrected chi connectivity index (χ0v) is 11.2. The number of aromatic nitrogens is 1. The Morgan fingerprint density at radius 1 is 1.50 bits per heavy atom. The summed E-state index contributed by atoms with van der Waals surface area (Å²) in [5.41, 5.74) is -0.895. The van der Waals surface area contributed by atoms with E-state index in [0.717, 1.165) is 18.8 Å². The number of hydrogen-bond acceptors (Lipinski definition) is 3. The zero-order valence-electron chi connectivity index (χ0n) is 11.2. The van der Waals surface area contributed by atoms with Crippen molar-refractivity contribution < 1.29 is 18.0 Å². The van der Waals surface area contributed by atoms with Crippen molar-refractivity contribution in [1.29, 1.82) is 0 Å². The molecule has 1 aliphatic rings. The highest BCUT2D eigenvalue weighted by atomic mass is 19.4. The number of halogens is 3. The van der Waals surface area contributed by atoms with Gasteiger partial charge in [-0.2, -0.15) is 13.2 Å². The minimum atomic E-state index is -4.51. The highest BCUT2D eigenvalue weighted by Crippen LogP contribution is 2.29. The molecule has 1 aromatic heterocycles. The van der Waals surface area contributed by atoms with Crippen LogP contribution in [-0.4, -0.2) is 35.4 Å². The number of likely N-dealkylation sites (tertiary alicyclic amines) is 1. The first-order valence-electron chi connectivity index (χ1n) is 6.31. The Kier molecular flexibility index (Phi) is 3.99. The molecule has 1 aliphatic heterocycles. The number of anilines is 1. The standard InChI is InChI=1S/C13H16F3N3O/c1-8-5-10(19(2)7-8)12(20)18-9-3-4-17-11(6-9)13(14,15)16/h3-4,6,8,10H,5,7H2,1-2H3,(H,17,18,20)/t8?,10-/m0/s1. The van der Waals surface area contributed by atoms with E-state index in [9.17, 15) is 18.0 Å². The van der Waals surface area contributed by atoms with Gasteiger partial charge in [0.05, 0.1) is 6.04 Å². The molecule has 0 bridgehead atoms. The second-order valence-corrected chi connectivity index (χ2v) is 5.21. The van der Waals surface area contributed by atoms with Crippen LogP contribution in [0.1, 0.15) is 19.0 Å². The van der Waals surface area contributed by atoms with Crippen LogP contribution in [0.15, 0.2) is 18.3 Å². The third-order valence-corrected chi connectivity index (χ3v) is 3.38. The fraction of sp³-hybridized carbons (Fsp3) is 0.538. The van der Waals surface area contributed by atoms with E-state index in [1.165, 1.54) is 6.07 Å². The molecule has 1 fully saturated rings. The maximum Gasteiger partial charge on any atom is 0.433 e. The number of carbonyl (C=O) groups excluding carboxylic acids is 1. The van der Waals surface area contributed by atoms with Gasteiger partial charge in [0.15, 0.2) is 0 Å². The summed E-state index contributed by atoms with van der Waals surface area (Å²) in [5.74, 6) is 0.120. The number of alkyl halides is 3. The summed E-state index contributed by atoms with van der Waals surface area (Å²) < 4.78 is 37.6. The highest BCUT2D eigenvalue weighted by molar-refractivity contribution is 5.95. The lowest BCUT2D eigenvalue weighted by atomic mass is 10.1. The largest absolute Gasteiger partial charge is 0.433 e. The SMILES string of the molecule is CC1C[C@@H](C(=O)Nc2ccnc(C(F)(F)F)c2)N(C)C1. The number of likely N-dealkylation sites (N-methyl/N-ethyl adjacent to an activating group) is 1. The van der Waals surface area contributed by atoms with E-state index >= 15 is 0 Å². The van der Waals surface area contributed by atoms with E-state index in [0.29, 0.717) is 12.3 Å². The Morgan fingerprint density at radius 3 is 2.75 bits per heavy atom. The van der Waals surface area contributed by atoms with Crippen LogP contribution in [0.5, 0.6) is 0 Å². The van der Waals surface area contributed by atoms with Crippen LogP contribution in [0, 0.1) is 5.92 Å². The molecule has 1 amide bonds. The van der Waals surface area contributed by atoms with Crippen LogP contribution in [0.25, 0.3) is 0 Å². The molecule has 20 heavy (non-hydrogen) atoms. The van der Waals surface area contributed by atoms with Gasteiger partial charge in [0.25, 0.3) is 0 Å². The smallest absolute Gasteiger partial charge is 0.325 e. The number of amides is 1. The maximum absolute atomic E-state index is 12.5. The molecule has 2 atom stereocenters. The van der Waals surface area contributed by atoms with Gasteiger partial charge in [0, 0.05) is 18.4 Å². The number of rotatable bonds is 2. The molecule has 0 saturated carbocycles. The predicted molar refractivity (Wildman–Crippen MR) is 68.1 cm³/mol. The van der Waals surface area contributed by atoms with Gasteiger partial charge in [-0.05, 0) is 31.5 Å². The van der Waals surface area contributed by atoms with E-state index < -0.39 is 11.9 Å². The predicted octanol–water partition coefficient (Wildman–Crippen LogP) is 2.38. The molecule has 0 spiro atoms. The molecule has 0 aliphatic carbocycles. The van der Waals surface area contributed by atoms with Gasteiger partial charge >= 0.3 is 6.18 Å². The first-order valence-corrected chi connectivity index (χ1v) is 6.31. The number of nitrogens with one attached hydrogen (secondary N) is 1. The molecule has 1 aromatic rings. The Labute approximate surface area is 115 Å². The molecule has 2 rings (SSSR count). The summed E-state index contributed by atoms with van der Waals surface area (Å²) in [7, 11) is 1.83. The molecule has 7 heteroatoms. The molecule has 1 N–H and O–H groups in total. The Hall–Kier alpha value is -1.63. The molecular formula is C13H16F3N3O. The molecular weight excluding hydrogens is 271 g/mol. The van der Waals surface area contributed by atoms with E-state index in [-0.39, 0.29) is 17.6 Å². The van der Waals surface area contributed by atoms with Crippen molar-refractivity contribution in [2.75, 3.05) is 18.9 Å². The van der Waals surface area contributed by atoms with Crippen molar-refractivity contribution >= 4 is 11.6 Å². The average Bonchev–Trinajstić information content (AvgIpc) is 2.68. The fourth-order valence-corrected chi connectivity index (χ4v) is 2.45. The van der Waals surface area contributed by atoms with Gasteiger partial charge in [-0.1, -0.05) is 6.92 Å². The van der Waals surface area contributed by atoms with Crippen LogP contribution in [0.3, 0.4) is 0 Å². The lowest BCUT2D eigenvalue weighted by molar-refractivity contribution is -0.141. The molecule has 2 heterocycles. The number of carbonyl (C=O) groups is 1. The normalized spacial score (nSPS) is 23.9. The summed E-state index contributed by atoms with van der Waals surface area (Å²) in [4.78, 5) is 17.2. The molecule has 0 aromatic carbocycles. The number of hydrogen-bond donors (Lipinski definition) is 1. The molecule has 4 nitrogen and oxygen atoms in total. The third-order valence-electron chi connectivity index (χ3n) is 3.38. The van der Waals surface area contributed by atoms with E-state index in [4.69, 9.17) is 0 Å². The average molecular weight is 287 g/mol. The fourth-order valence-electron chi connectivity index (χ4n) is 2.45. The van der Waals surface area contributed by atoms with Gasteiger partial charge in [-0.3, -0.25) is 14.7 Å². The summed E-state index contributed by atoms with van der Waals surface area (Å²) >= 11 is 0. The first-order chi connectivity index (χ1) is 9.27. The second kappa shape index (κ2) is 5.40. The van der Waals surface area contributed by atoms with Crippen molar-refractivity contribution in [3.8, 4) is 0 Å². The second-order valence-electron chi connectivity index (χ2n) is 5.21. The number of nitrogens with zero attached hydrogens (tertiary/aromatic N) is 2. The van der Waals surface area contributed by atoms with Crippen molar-refractivity contribution in [1.82, 2.24) is 9.88 Å². The summed E-state index contributed by atoms with van der Waals surface area (Å²) in [6.45, 7) is 2.85. The van der Waals surface area contributed by atoms with Crippen LogP contribution in [0.4, 0.5) is 18.9 Å². The minimum absolute atomic E-state index is 0.116. The Bertz CT molecular complexity index is 504. The van der Waals surface area contributed by atoms with Crippen LogP contribution in [-0.2, 0) is 11.0 Å².